The lowest BCUT2D eigenvalue weighted by Gasteiger charge is -2.15. The minimum Gasteiger partial charge on any atom is -0.491 e. The van der Waals surface area contributed by atoms with E-state index in [9.17, 15) is 4.79 Å². The first kappa shape index (κ1) is 12.6. The highest BCUT2D eigenvalue weighted by Gasteiger charge is 2.07. The van der Waals surface area contributed by atoms with E-state index in [0.29, 0.717) is 0 Å². The lowest BCUT2D eigenvalue weighted by molar-refractivity contribution is -0.110. The van der Waals surface area contributed by atoms with Gasteiger partial charge in [-0.2, -0.15) is 0 Å². The van der Waals surface area contributed by atoms with E-state index >= 15 is 0 Å². The van der Waals surface area contributed by atoms with Crippen LogP contribution in [0.5, 0.6) is 5.75 Å². The minimum absolute atomic E-state index is 0.0885. The van der Waals surface area contributed by atoms with Crippen molar-refractivity contribution in [1.82, 2.24) is 5.32 Å². The van der Waals surface area contributed by atoms with Gasteiger partial charge in [-0.25, -0.2) is 0 Å². The highest BCUT2D eigenvalue weighted by atomic mass is 16.5. The molecule has 3 nitrogen and oxygen atoms in total. The fourth-order valence-corrected chi connectivity index (χ4v) is 1.58. The molecule has 0 aliphatic heterocycles. The Hall–Kier alpha value is -1.51. The summed E-state index contributed by atoms with van der Waals surface area (Å²) in [5, 5.41) is 2.79. The van der Waals surface area contributed by atoms with Crippen LogP contribution in [0.25, 0.3) is 0 Å². The van der Waals surface area contributed by atoms with Crippen molar-refractivity contribution in [3.05, 3.63) is 29.8 Å². The molecular formula is C13H19NO2. The van der Waals surface area contributed by atoms with Crippen LogP contribution in [0, 0.1) is 0 Å². The Labute approximate surface area is 96.8 Å². The Kier molecular flexibility index (Phi) is 4.83. The molecule has 0 saturated carbocycles. The van der Waals surface area contributed by atoms with Crippen LogP contribution in [0.1, 0.15) is 38.8 Å². The number of benzene rings is 1. The molecule has 0 spiro atoms. The molecular weight excluding hydrogens is 202 g/mol. The van der Waals surface area contributed by atoms with Crippen LogP contribution in [0.2, 0.25) is 0 Å². The minimum atomic E-state index is 0.0885. The van der Waals surface area contributed by atoms with E-state index in [2.05, 4.69) is 5.32 Å². The zero-order valence-electron chi connectivity index (χ0n) is 10.1. The normalized spacial score (nSPS) is 12.2. The third-order valence-corrected chi connectivity index (χ3v) is 2.33. The van der Waals surface area contributed by atoms with E-state index < -0.39 is 0 Å². The van der Waals surface area contributed by atoms with Crippen LogP contribution in [-0.4, -0.2) is 12.5 Å². The molecule has 1 atom stereocenters. The number of ether oxygens (including phenoxy) is 1. The van der Waals surface area contributed by atoms with Crippen molar-refractivity contribution in [3.8, 4) is 5.75 Å². The molecule has 0 saturated heterocycles. The van der Waals surface area contributed by atoms with Gasteiger partial charge in [0.15, 0.2) is 0 Å². The van der Waals surface area contributed by atoms with Crippen molar-refractivity contribution < 1.29 is 9.53 Å². The average Bonchev–Trinajstić information content (AvgIpc) is 2.26. The molecule has 0 heterocycles. The molecule has 0 radical (unpaired) electrons. The summed E-state index contributed by atoms with van der Waals surface area (Å²) in [6.45, 7) is 6.03. The third kappa shape index (κ3) is 3.57. The van der Waals surface area contributed by atoms with E-state index in [4.69, 9.17) is 4.74 Å². The maximum Gasteiger partial charge on any atom is 0.207 e. The molecule has 1 N–H and O–H groups in total. The molecule has 1 rings (SSSR count). The molecule has 16 heavy (non-hydrogen) atoms. The second-order valence-electron chi connectivity index (χ2n) is 3.98. The largest absolute Gasteiger partial charge is 0.491 e. The second kappa shape index (κ2) is 6.16. The van der Waals surface area contributed by atoms with Gasteiger partial charge in [0.1, 0.15) is 5.75 Å². The van der Waals surface area contributed by atoms with Crippen molar-refractivity contribution in [2.24, 2.45) is 0 Å². The highest BCUT2D eigenvalue weighted by molar-refractivity contribution is 5.48. The van der Waals surface area contributed by atoms with Gasteiger partial charge in [-0.1, -0.05) is 19.1 Å². The Morgan fingerprint density at radius 2 is 1.94 bits per heavy atom. The van der Waals surface area contributed by atoms with Gasteiger partial charge in [0.2, 0.25) is 6.41 Å². The van der Waals surface area contributed by atoms with Gasteiger partial charge in [0.25, 0.3) is 0 Å². The Balaban J connectivity index is 2.72. The summed E-state index contributed by atoms with van der Waals surface area (Å²) in [6.07, 6.45) is 1.80. The standard InChI is InChI=1S/C13H19NO2/c1-4-13(14-9-15)11-5-7-12(8-6-11)16-10(2)3/h5-10,13H,4H2,1-3H3,(H,14,15). The monoisotopic (exact) mass is 221 g/mol. The summed E-state index contributed by atoms with van der Waals surface area (Å²) in [7, 11) is 0. The average molecular weight is 221 g/mol. The second-order valence-corrected chi connectivity index (χ2v) is 3.98. The van der Waals surface area contributed by atoms with E-state index in [1.807, 2.05) is 45.0 Å². The molecule has 1 aromatic carbocycles. The first-order valence-electron chi connectivity index (χ1n) is 5.63. The Bertz CT molecular complexity index is 319. The van der Waals surface area contributed by atoms with E-state index in [1.165, 1.54) is 0 Å². The summed E-state index contributed by atoms with van der Waals surface area (Å²) in [5.41, 5.74) is 1.10. The molecule has 0 aliphatic carbocycles. The van der Waals surface area contributed by atoms with Gasteiger partial charge in [-0.05, 0) is 38.0 Å². The zero-order valence-corrected chi connectivity index (χ0v) is 10.1. The predicted octanol–water partition coefficient (Wildman–Crippen LogP) is 2.67. The smallest absolute Gasteiger partial charge is 0.207 e. The molecule has 3 heteroatoms. The van der Waals surface area contributed by atoms with Crippen LogP contribution < -0.4 is 10.1 Å². The van der Waals surface area contributed by atoms with Crippen LogP contribution in [0.15, 0.2) is 24.3 Å². The van der Waals surface area contributed by atoms with Gasteiger partial charge in [-0.3, -0.25) is 4.79 Å². The third-order valence-electron chi connectivity index (χ3n) is 2.33. The van der Waals surface area contributed by atoms with E-state index in [1.54, 1.807) is 0 Å². The molecule has 1 unspecified atom stereocenters. The molecule has 0 bridgehead atoms. The van der Waals surface area contributed by atoms with Gasteiger partial charge in [0, 0.05) is 0 Å². The number of nitrogens with one attached hydrogen (secondary N) is 1. The molecule has 0 fully saturated rings. The van der Waals surface area contributed by atoms with Crippen molar-refractivity contribution in [2.75, 3.05) is 0 Å². The summed E-state index contributed by atoms with van der Waals surface area (Å²) < 4.78 is 5.55. The van der Waals surface area contributed by atoms with Crippen LogP contribution >= 0.6 is 0 Å². The number of carbonyl (C=O) groups excluding carboxylic acids is 1. The summed E-state index contributed by atoms with van der Waals surface area (Å²) >= 11 is 0. The van der Waals surface area contributed by atoms with Crippen molar-refractivity contribution in [3.63, 3.8) is 0 Å². The van der Waals surface area contributed by atoms with Crippen LogP contribution in [0.3, 0.4) is 0 Å². The first-order valence-corrected chi connectivity index (χ1v) is 5.63. The molecule has 1 aromatic rings. The molecule has 0 aromatic heterocycles. The molecule has 88 valence electrons. The van der Waals surface area contributed by atoms with Gasteiger partial charge in [-0.15, -0.1) is 0 Å². The van der Waals surface area contributed by atoms with E-state index in [0.717, 1.165) is 24.1 Å². The van der Waals surface area contributed by atoms with Gasteiger partial charge in [0.05, 0.1) is 12.1 Å². The lowest BCUT2D eigenvalue weighted by atomic mass is 10.0. The van der Waals surface area contributed by atoms with Crippen LogP contribution in [0.4, 0.5) is 0 Å². The number of hydrogen-bond acceptors (Lipinski definition) is 2. The molecule has 0 aliphatic rings. The highest BCUT2D eigenvalue weighted by Crippen LogP contribution is 2.20. The fourth-order valence-electron chi connectivity index (χ4n) is 1.58. The topological polar surface area (TPSA) is 38.3 Å². The summed E-state index contributed by atoms with van der Waals surface area (Å²) in [5.74, 6) is 0.861. The van der Waals surface area contributed by atoms with E-state index in [-0.39, 0.29) is 12.1 Å². The predicted molar refractivity (Wildman–Crippen MR) is 64.4 cm³/mol. The number of rotatable bonds is 6. The van der Waals surface area contributed by atoms with Crippen molar-refractivity contribution in [2.45, 2.75) is 39.3 Å². The Morgan fingerprint density at radius 3 is 2.38 bits per heavy atom. The quantitative estimate of drug-likeness (QED) is 0.750. The van der Waals surface area contributed by atoms with Crippen LogP contribution in [-0.2, 0) is 4.79 Å². The van der Waals surface area contributed by atoms with Crippen molar-refractivity contribution >= 4 is 6.41 Å². The molecule has 1 amide bonds. The maximum atomic E-state index is 10.4. The first-order chi connectivity index (χ1) is 7.67. The summed E-state index contributed by atoms with van der Waals surface area (Å²) in [6, 6.07) is 7.94. The van der Waals surface area contributed by atoms with Gasteiger partial charge >= 0.3 is 0 Å². The number of carbonyl (C=O) groups is 1. The zero-order chi connectivity index (χ0) is 12.0. The SMILES string of the molecule is CCC(NC=O)c1ccc(OC(C)C)cc1. The van der Waals surface area contributed by atoms with Crippen molar-refractivity contribution in [1.29, 1.82) is 0 Å². The lowest BCUT2D eigenvalue weighted by Crippen LogP contribution is -2.18. The fraction of sp³-hybridized carbons (Fsp3) is 0.462. The van der Waals surface area contributed by atoms with Gasteiger partial charge < -0.3 is 10.1 Å². The number of amides is 1. The summed E-state index contributed by atoms with van der Waals surface area (Å²) in [4.78, 5) is 10.4. The Morgan fingerprint density at radius 1 is 1.31 bits per heavy atom. The number of hydrogen-bond donors (Lipinski definition) is 1. The maximum absolute atomic E-state index is 10.4.